The summed E-state index contributed by atoms with van der Waals surface area (Å²) >= 11 is 7.65. The van der Waals surface area contributed by atoms with Gasteiger partial charge in [-0.2, -0.15) is 0 Å². The van der Waals surface area contributed by atoms with Gasteiger partial charge in [0.25, 0.3) is 5.56 Å². The van der Waals surface area contributed by atoms with Gasteiger partial charge in [-0.25, -0.2) is 4.98 Å². The molecule has 2 aromatic rings. The number of halogens is 1. The standard InChI is InChI=1S/C14H16ClN3O2S/c1-20-8-7-16-9-10-11(15)3-2-4-12(10)21-14-17-6-5-13(19)18-14/h2-6,16H,7-9H2,1H3,(H,17,18,19). The Hall–Kier alpha value is -1.34. The highest BCUT2D eigenvalue weighted by Crippen LogP contribution is 2.31. The molecule has 0 saturated heterocycles. The summed E-state index contributed by atoms with van der Waals surface area (Å²) in [7, 11) is 1.66. The van der Waals surface area contributed by atoms with Crippen LogP contribution >= 0.6 is 23.4 Å². The van der Waals surface area contributed by atoms with Crippen molar-refractivity contribution in [2.75, 3.05) is 20.3 Å². The predicted molar refractivity (Wildman–Crippen MR) is 84.0 cm³/mol. The largest absolute Gasteiger partial charge is 0.383 e. The maximum atomic E-state index is 11.3. The zero-order valence-corrected chi connectivity index (χ0v) is 13.1. The van der Waals surface area contributed by atoms with Gasteiger partial charge in [-0.05, 0) is 17.7 Å². The van der Waals surface area contributed by atoms with Crippen molar-refractivity contribution in [2.24, 2.45) is 0 Å². The van der Waals surface area contributed by atoms with E-state index in [0.717, 1.165) is 17.0 Å². The SMILES string of the molecule is COCCNCc1c(Cl)cccc1Sc1nccc(=O)[nH]1. The molecule has 5 nitrogen and oxygen atoms in total. The molecule has 1 aromatic heterocycles. The molecule has 1 aromatic carbocycles. The van der Waals surface area contributed by atoms with Crippen molar-refractivity contribution in [3.05, 3.63) is 51.4 Å². The van der Waals surface area contributed by atoms with E-state index < -0.39 is 0 Å². The van der Waals surface area contributed by atoms with Gasteiger partial charge in [0.1, 0.15) is 0 Å². The maximum absolute atomic E-state index is 11.3. The highest BCUT2D eigenvalue weighted by molar-refractivity contribution is 7.99. The molecule has 112 valence electrons. The predicted octanol–water partition coefficient (Wildman–Crippen LogP) is 2.31. The van der Waals surface area contributed by atoms with E-state index in [4.69, 9.17) is 16.3 Å². The minimum atomic E-state index is -0.172. The van der Waals surface area contributed by atoms with E-state index in [9.17, 15) is 4.79 Å². The van der Waals surface area contributed by atoms with Crippen LogP contribution in [-0.2, 0) is 11.3 Å². The summed E-state index contributed by atoms with van der Waals surface area (Å²) in [5, 5.41) is 4.49. The highest BCUT2D eigenvalue weighted by Gasteiger charge is 2.09. The fraction of sp³-hybridized carbons (Fsp3) is 0.286. The molecule has 0 aliphatic carbocycles. The molecule has 0 saturated carbocycles. The van der Waals surface area contributed by atoms with Crippen LogP contribution in [0.1, 0.15) is 5.56 Å². The smallest absolute Gasteiger partial charge is 0.251 e. The van der Waals surface area contributed by atoms with Crippen LogP contribution < -0.4 is 10.9 Å². The first kappa shape index (κ1) is 16.0. The van der Waals surface area contributed by atoms with Gasteiger partial charge in [0.15, 0.2) is 5.16 Å². The number of hydrogen-bond donors (Lipinski definition) is 2. The van der Waals surface area contributed by atoms with Gasteiger partial charge in [-0.1, -0.05) is 29.4 Å². The van der Waals surface area contributed by atoms with Crippen molar-refractivity contribution in [3.63, 3.8) is 0 Å². The molecule has 0 radical (unpaired) electrons. The first-order valence-electron chi connectivity index (χ1n) is 6.41. The highest BCUT2D eigenvalue weighted by atomic mass is 35.5. The van der Waals surface area contributed by atoms with Gasteiger partial charge in [-0.15, -0.1) is 0 Å². The summed E-state index contributed by atoms with van der Waals surface area (Å²) in [6.07, 6.45) is 1.49. The molecule has 0 unspecified atom stereocenters. The fourth-order valence-corrected chi connectivity index (χ4v) is 2.92. The number of aromatic amines is 1. The third-order valence-electron chi connectivity index (χ3n) is 2.72. The lowest BCUT2D eigenvalue weighted by molar-refractivity contribution is 0.199. The van der Waals surface area contributed by atoms with E-state index in [1.165, 1.54) is 24.0 Å². The number of nitrogens with one attached hydrogen (secondary N) is 2. The zero-order chi connectivity index (χ0) is 15.1. The lowest BCUT2D eigenvalue weighted by atomic mass is 10.2. The summed E-state index contributed by atoms with van der Waals surface area (Å²) in [5.41, 5.74) is 0.807. The third kappa shape index (κ3) is 4.86. The summed E-state index contributed by atoms with van der Waals surface area (Å²) in [5.74, 6) is 0. The first-order valence-corrected chi connectivity index (χ1v) is 7.60. The van der Waals surface area contributed by atoms with E-state index in [0.29, 0.717) is 23.3 Å². The Bertz CT molecular complexity index is 648. The summed E-state index contributed by atoms with van der Waals surface area (Å²) in [6.45, 7) is 2.01. The average molecular weight is 326 g/mol. The van der Waals surface area contributed by atoms with Crippen LogP contribution in [-0.4, -0.2) is 30.2 Å². The Morgan fingerprint density at radius 1 is 1.43 bits per heavy atom. The molecular weight excluding hydrogens is 310 g/mol. The van der Waals surface area contributed by atoms with Crippen LogP contribution in [0.5, 0.6) is 0 Å². The molecule has 1 heterocycles. The van der Waals surface area contributed by atoms with E-state index in [1.54, 1.807) is 7.11 Å². The van der Waals surface area contributed by atoms with Gasteiger partial charge in [0.05, 0.1) is 6.61 Å². The fourth-order valence-electron chi connectivity index (χ4n) is 1.70. The molecule has 0 bridgehead atoms. The van der Waals surface area contributed by atoms with Gasteiger partial charge in [0.2, 0.25) is 0 Å². The summed E-state index contributed by atoms with van der Waals surface area (Å²) in [6, 6.07) is 7.07. The normalized spacial score (nSPS) is 10.8. The van der Waals surface area contributed by atoms with Crippen molar-refractivity contribution in [3.8, 4) is 0 Å². The van der Waals surface area contributed by atoms with E-state index in [-0.39, 0.29) is 5.56 Å². The van der Waals surface area contributed by atoms with Crippen molar-refractivity contribution in [2.45, 2.75) is 16.6 Å². The number of rotatable bonds is 7. The lowest BCUT2D eigenvalue weighted by Crippen LogP contribution is -2.19. The van der Waals surface area contributed by atoms with Crippen LogP contribution in [0.25, 0.3) is 0 Å². The summed E-state index contributed by atoms with van der Waals surface area (Å²) in [4.78, 5) is 19.1. The second-order valence-corrected chi connectivity index (χ2v) is 5.67. The minimum Gasteiger partial charge on any atom is -0.383 e. The van der Waals surface area contributed by atoms with Gasteiger partial charge < -0.3 is 15.0 Å². The molecule has 0 aliphatic heterocycles. The number of aromatic nitrogens is 2. The first-order chi connectivity index (χ1) is 10.2. The average Bonchev–Trinajstić information content (AvgIpc) is 2.46. The number of benzene rings is 1. The van der Waals surface area contributed by atoms with E-state index in [2.05, 4.69) is 15.3 Å². The second kappa shape index (κ2) is 8.19. The Balaban J connectivity index is 2.15. The van der Waals surface area contributed by atoms with E-state index in [1.807, 2.05) is 18.2 Å². The minimum absolute atomic E-state index is 0.172. The second-order valence-electron chi connectivity index (χ2n) is 4.23. The quantitative estimate of drug-likeness (QED) is 0.604. The van der Waals surface area contributed by atoms with Crippen LogP contribution in [0, 0.1) is 0 Å². The lowest BCUT2D eigenvalue weighted by Gasteiger charge is -2.11. The number of nitrogens with zero attached hydrogens (tertiary/aromatic N) is 1. The molecule has 0 atom stereocenters. The molecule has 0 spiro atoms. The number of hydrogen-bond acceptors (Lipinski definition) is 5. The number of H-pyrrole nitrogens is 1. The Morgan fingerprint density at radius 2 is 2.29 bits per heavy atom. The Kier molecular flexibility index (Phi) is 6.25. The molecule has 0 amide bonds. The molecule has 2 N–H and O–H groups in total. The van der Waals surface area contributed by atoms with Crippen LogP contribution in [0.2, 0.25) is 5.02 Å². The van der Waals surface area contributed by atoms with Crippen molar-refractivity contribution in [1.29, 1.82) is 0 Å². The number of methoxy groups -OCH3 is 1. The molecule has 0 fully saturated rings. The van der Waals surface area contributed by atoms with Crippen molar-refractivity contribution in [1.82, 2.24) is 15.3 Å². The molecule has 21 heavy (non-hydrogen) atoms. The van der Waals surface area contributed by atoms with Gasteiger partial charge in [0, 0.05) is 42.4 Å². The molecule has 7 heteroatoms. The van der Waals surface area contributed by atoms with Gasteiger partial charge in [-0.3, -0.25) is 4.79 Å². The molecular formula is C14H16ClN3O2S. The maximum Gasteiger partial charge on any atom is 0.251 e. The Morgan fingerprint density at radius 3 is 3.05 bits per heavy atom. The zero-order valence-electron chi connectivity index (χ0n) is 11.6. The van der Waals surface area contributed by atoms with E-state index >= 15 is 0 Å². The topological polar surface area (TPSA) is 67.0 Å². The monoisotopic (exact) mass is 325 g/mol. The molecule has 0 aliphatic rings. The van der Waals surface area contributed by atoms with Gasteiger partial charge >= 0.3 is 0 Å². The van der Waals surface area contributed by atoms with Crippen LogP contribution in [0.4, 0.5) is 0 Å². The Labute approximate surface area is 132 Å². The molecule has 2 rings (SSSR count). The number of ether oxygens (including phenoxy) is 1. The third-order valence-corrected chi connectivity index (χ3v) is 4.07. The summed E-state index contributed by atoms with van der Waals surface area (Å²) < 4.78 is 5.00. The van der Waals surface area contributed by atoms with Crippen molar-refractivity contribution >= 4 is 23.4 Å². The van der Waals surface area contributed by atoms with Crippen molar-refractivity contribution < 1.29 is 4.74 Å². The van der Waals surface area contributed by atoms with Crippen LogP contribution in [0.3, 0.4) is 0 Å². The van der Waals surface area contributed by atoms with Crippen LogP contribution in [0.15, 0.2) is 45.3 Å².